The first kappa shape index (κ1) is 22.9. The molecule has 3 amide bonds. The summed E-state index contributed by atoms with van der Waals surface area (Å²) in [6.07, 6.45) is 4.15. The number of para-hydroxylation sites is 1. The average Bonchev–Trinajstić information content (AvgIpc) is 2.69. The predicted molar refractivity (Wildman–Crippen MR) is 117 cm³/mol. The number of thioether (sulfide) groups is 1. The number of imide groups is 1. The fourth-order valence-electron chi connectivity index (χ4n) is 2.79. The van der Waals surface area contributed by atoms with Gasteiger partial charge in [0.25, 0.3) is 5.56 Å². The van der Waals surface area contributed by atoms with Crippen molar-refractivity contribution in [3.8, 4) is 0 Å². The molecule has 8 heteroatoms. The topological polar surface area (TPSA) is 93.1 Å². The minimum absolute atomic E-state index is 0.00877. The van der Waals surface area contributed by atoms with E-state index in [2.05, 4.69) is 22.5 Å². The van der Waals surface area contributed by atoms with Gasteiger partial charge in [-0.15, -0.1) is 0 Å². The molecule has 1 aromatic carbocycles. The molecule has 0 fully saturated rings. The summed E-state index contributed by atoms with van der Waals surface area (Å²) in [6, 6.07) is 6.71. The predicted octanol–water partition coefficient (Wildman–Crippen LogP) is 3.55. The second-order valence-corrected chi connectivity index (χ2v) is 8.31. The first-order chi connectivity index (χ1) is 13.9. The minimum Gasteiger partial charge on any atom is -0.338 e. The van der Waals surface area contributed by atoms with Gasteiger partial charge in [-0.3, -0.25) is 19.5 Å². The molecular formula is C21H30N4O3S. The lowest BCUT2D eigenvalue weighted by Gasteiger charge is -2.13. The third-order valence-electron chi connectivity index (χ3n) is 4.32. The van der Waals surface area contributed by atoms with Crippen molar-refractivity contribution in [2.75, 3.05) is 12.3 Å². The molecule has 0 saturated carbocycles. The number of nitrogens with zero attached hydrogens (tertiary/aromatic N) is 2. The Morgan fingerprint density at radius 2 is 1.93 bits per heavy atom. The van der Waals surface area contributed by atoms with E-state index >= 15 is 0 Å². The van der Waals surface area contributed by atoms with Gasteiger partial charge in [0, 0.05) is 13.1 Å². The van der Waals surface area contributed by atoms with Crippen LogP contribution in [0.15, 0.2) is 34.2 Å². The van der Waals surface area contributed by atoms with Crippen molar-refractivity contribution in [2.24, 2.45) is 5.92 Å². The fraction of sp³-hybridized carbons (Fsp3) is 0.524. The zero-order valence-electron chi connectivity index (χ0n) is 17.4. The van der Waals surface area contributed by atoms with Gasteiger partial charge in [0.05, 0.1) is 16.7 Å². The Morgan fingerprint density at radius 3 is 2.66 bits per heavy atom. The molecule has 1 aromatic heterocycles. The summed E-state index contributed by atoms with van der Waals surface area (Å²) < 4.78 is 1.65. The summed E-state index contributed by atoms with van der Waals surface area (Å²) in [5.41, 5.74) is 0.518. The Hall–Kier alpha value is -2.35. The SMILES string of the molecule is CCCCCCn1c(SCC(=O)NC(=O)NCC(C)C)nc2ccccc2c1=O. The molecule has 0 radical (unpaired) electrons. The molecule has 0 aliphatic carbocycles. The minimum atomic E-state index is -0.507. The van der Waals surface area contributed by atoms with Crippen molar-refractivity contribution in [1.29, 1.82) is 0 Å². The maximum Gasteiger partial charge on any atom is 0.321 e. The van der Waals surface area contributed by atoms with E-state index in [9.17, 15) is 14.4 Å². The van der Waals surface area contributed by atoms with E-state index in [1.807, 2.05) is 26.0 Å². The molecule has 1 heterocycles. The Balaban J connectivity index is 2.10. The maximum atomic E-state index is 12.9. The van der Waals surface area contributed by atoms with Crippen molar-refractivity contribution in [2.45, 2.75) is 58.2 Å². The summed E-state index contributed by atoms with van der Waals surface area (Å²) in [4.78, 5) is 41.4. The number of nitrogens with one attached hydrogen (secondary N) is 2. The molecule has 158 valence electrons. The van der Waals surface area contributed by atoms with Gasteiger partial charge in [0.2, 0.25) is 5.91 Å². The lowest BCUT2D eigenvalue weighted by molar-refractivity contribution is -0.117. The van der Waals surface area contributed by atoms with Gasteiger partial charge in [0.15, 0.2) is 5.16 Å². The number of hydrogen-bond donors (Lipinski definition) is 2. The van der Waals surface area contributed by atoms with Gasteiger partial charge in [0.1, 0.15) is 0 Å². The molecule has 7 nitrogen and oxygen atoms in total. The maximum absolute atomic E-state index is 12.9. The lowest BCUT2D eigenvalue weighted by atomic mass is 10.2. The van der Waals surface area contributed by atoms with E-state index in [1.165, 1.54) is 11.8 Å². The first-order valence-electron chi connectivity index (χ1n) is 10.1. The van der Waals surface area contributed by atoms with Crippen LogP contribution in [0.4, 0.5) is 4.79 Å². The number of carbonyl (C=O) groups excluding carboxylic acids is 2. The van der Waals surface area contributed by atoms with Crippen molar-refractivity contribution in [3.05, 3.63) is 34.6 Å². The van der Waals surface area contributed by atoms with Gasteiger partial charge in [-0.2, -0.15) is 0 Å². The molecule has 0 aliphatic heterocycles. The number of benzene rings is 1. The van der Waals surface area contributed by atoms with Gasteiger partial charge >= 0.3 is 6.03 Å². The summed E-state index contributed by atoms with van der Waals surface area (Å²) in [5.74, 6) is -0.111. The van der Waals surface area contributed by atoms with Crippen LogP contribution in [0, 0.1) is 5.92 Å². The number of aromatic nitrogens is 2. The molecule has 2 rings (SSSR count). The van der Waals surface area contributed by atoms with Crippen LogP contribution in [0.3, 0.4) is 0 Å². The summed E-state index contributed by atoms with van der Waals surface area (Å²) >= 11 is 1.17. The number of hydrogen-bond acceptors (Lipinski definition) is 5. The van der Waals surface area contributed by atoms with Crippen LogP contribution < -0.4 is 16.2 Å². The molecule has 0 saturated heterocycles. The summed E-state index contributed by atoms with van der Waals surface area (Å²) in [5, 5.41) is 6.03. The van der Waals surface area contributed by atoms with Crippen LogP contribution in [0.5, 0.6) is 0 Å². The lowest BCUT2D eigenvalue weighted by Crippen LogP contribution is -2.41. The van der Waals surface area contributed by atoms with Crippen LogP contribution in [0.2, 0.25) is 0 Å². The van der Waals surface area contributed by atoms with E-state index in [0.29, 0.717) is 35.1 Å². The number of amides is 3. The van der Waals surface area contributed by atoms with Gasteiger partial charge < -0.3 is 5.32 Å². The second kappa shape index (κ2) is 11.6. The highest BCUT2D eigenvalue weighted by atomic mass is 32.2. The largest absolute Gasteiger partial charge is 0.338 e. The van der Waals surface area contributed by atoms with Gasteiger partial charge in [-0.25, -0.2) is 9.78 Å². The number of urea groups is 1. The third-order valence-corrected chi connectivity index (χ3v) is 5.29. The average molecular weight is 419 g/mol. The van der Waals surface area contributed by atoms with E-state index in [1.54, 1.807) is 16.7 Å². The standard InChI is InChI=1S/C21H30N4O3S/c1-4-5-6-9-12-25-19(27)16-10-7-8-11-17(16)23-21(25)29-14-18(26)24-20(28)22-13-15(2)3/h7-8,10-11,15H,4-6,9,12-14H2,1-3H3,(H2,22,24,26,28). The molecule has 0 spiro atoms. The molecule has 2 aromatic rings. The number of unbranched alkanes of at least 4 members (excludes halogenated alkanes) is 3. The van der Waals surface area contributed by atoms with Crippen LogP contribution in [-0.4, -0.2) is 33.8 Å². The molecule has 2 N–H and O–H groups in total. The van der Waals surface area contributed by atoms with Gasteiger partial charge in [-0.1, -0.05) is 63.9 Å². The molecule has 0 bridgehead atoms. The highest BCUT2D eigenvalue weighted by Gasteiger charge is 2.14. The van der Waals surface area contributed by atoms with Crippen LogP contribution in [-0.2, 0) is 11.3 Å². The fourth-order valence-corrected chi connectivity index (χ4v) is 3.61. The van der Waals surface area contributed by atoms with Crippen molar-refractivity contribution in [1.82, 2.24) is 20.2 Å². The van der Waals surface area contributed by atoms with E-state index in [4.69, 9.17) is 0 Å². The Morgan fingerprint density at radius 1 is 1.17 bits per heavy atom. The number of carbonyl (C=O) groups is 2. The second-order valence-electron chi connectivity index (χ2n) is 7.37. The Bertz CT molecular complexity index is 895. The molecule has 0 aliphatic rings. The molecule has 29 heavy (non-hydrogen) atoms. The molecular weight excluding hydrogens is 388 g/mol. The van der Waals surface area contributed by atoms with E-state index in [-0.39, 0.29) is 11.3 Å². The highest BCUT2D eigenvalue weighted by Crippen LogP contribution is 2.18. The highest BCUT2D eigenvalue weighted by molar-refractivity contribution is 7.99. The zero-order valence-corrected chi connectivity index (χ0v) is 18.2. The number of rotatable bonds is 10. The van der Waals surface area contributed by atoms with Gasteiger partial charge in [-0.05, 0) is 24.5 Å². The van der Waals surface area contributed by atoms with Crippen molar-refractivity contribution in [3.63, 3.8) is 0 Å². The third kappa shape index (κ3) is 7.20. The first-order valence-corrected chi connectivity index (χ1v) is 11.1. The van der Waals surface area contributed by atoms with Crippen LogP contribution in [0.1, 0.15) is 46.5 Å². The van der Waals surface area contributed by atoms with Crippen molar-refractivity contribution >= 4 is 34.6 Å². The van der Waals surface area contributed by atoms with Crippen LogP contribution in [0.25, 0.3) is 10.9 Å². The normalized spacial score (nSPS) is 11.0. The Labute approximate surface area is 175 Å². The zero-order chi connectivity index (χ0) is 21.2. The van der Waals surface area contributed by atoms with E-state index < -0.39 is 11.9 Å². The quantitative estimate of drug-likeness (QED) is 0.350. The Kier molecular flexibility index (Phi) is 9.18. The molecule has 0 atom stereocenters. The van der Waals surface area contributed by atoms with Crippen molar-refractivity contribution < 1.29 is 9.59 Å². The monoisotopic (exact) mass is 418 g/mol. The smallest absolute Gasteiger partial charge is 0.321 e. The number of fused-ring (bicyclic) bond motifs is 1. The molecule has 0 unspecified atom stereocenters. The summed E-state index contributed by atoms with van der Waals surface area (Å²) in [6.45, 7) is 7.15. The van der Waals surface area contributed by atoms with Crippen LogP contribution >= 0.6 is 11.8 Å². The van der Waals surface area contributed by atoms with E-state index in [0.717, 1.165) is 25.7 Å². The summed E-state index contributed by atoms with van der Waals surface area (Å²) in [7, 11) is 0.